The largest absolute Gasteiger partial charge is 0.332 e. The smallest absolute Gasteiger partial charge is 0.310 e. The Balaban J connectivity index is 1.39. The average molecular weight is 536 g/mol. The van der Waals surface area contributed by atoms with Crippen LogP contribution < -0.4 is 11.2 Å². The fourth-order valence-corrected chi connectivity index (χ4v) is 8.30. The van der Waals surface area contributed by atoms with E-state index in [9.17, 15) is 9.59 Å². The summed E-state index contributed by atoms with van der Waals surface area (Å²) in [6.45, 7) is 0.867. The summed E-state index contributed by atoms with van der Waals surface area (Å²) in [6.07, 6.45) is 11.6. The normalized spacial score (nSPS) is 27.5. The molecule has 7 nitrogen and oxygen atoms in total. The van der Waals surface area contributed by atoms with E-state index in [1.54, 1.807) is 7.05 Å². The van der Waals surface area contributed by atoms with Gasteiger partial charge in [0.05, 0.1) is 5.69 Å². The van der Waals surface area contributed by atoms with Crippen LogP contribution in [0.1, 0.15) is 44.9 Å². The Morgan fingerprint density at radius 3 is 2.23 bits per heavy atom. The number of rotatable bonds is 4. The van der Waals surface area contributed by atoms with E-state index in [0.717, 1.165) is 52.2 Å². The van der Waals surface area contributed by atoms with Crippen molar-refractivity contribution in [1.82, 2.24) is 23.1 Å². The van der Waals surface area contributed by atoms with E-state index < -0.39 is 0 Å². The van der Waals surface area contributed by atoms with E-state index in [2.05, 4.69) is 44.8 Å². The van der Waals surface area contributed by atoms with Gasteiger partial charge >= 0.3 is 5.69 Å². The molecule has 4 saturated carbocycles. The van der Waals surface area contributed by atoms with Crippen molar-refractivity contribution in [3.63, 3.8) is 0 Å². The van der Waals surface area contributed by atoms with Crippen LogP contribution in [0.4, 0.5) is 0 Å². The van der Waals surface area contributed by atoms with Crippen LogP contribution in [0.3, 0.4) is 0 Å². The number of fused-ring (bicyclic) bond motifs is 3. The van der Waals surface area contributed by atoms with Crippen molar-refractivity contribution in [3.8, 4) is 11.3 Å². The highest BCUT2D eigenvalue weighted by molar-refractivity contribution is 9.10. The van der Waals surface area contributed by atoms with Crippen LogP contribution in [0.25, 0.3) is 28.2 Å². The molecule has 35 heavy (non-hydrogen) atoms. The lowest BCUT2D eigenvalue weighted by atomic mass is 9.49. The van der Waals surface area contributed by atoms with Crippen molar-refractivity contribution < 1.29 is 0 Å². The number of nitrogens with zero attached hydrogens (tertiary/aromatic N) is 5. The molecule has 4 bridgehead atoms. The van der Waals surface area contributed by atoms with Gasteiger partial charge in [-0.2, -0.15) is 4.98 Å². The molecule has 4 aliphatic rings. The van der Waals surface area contributed by atoms with Gasteiger partial charge in [-0.1, -0.05) is 28.1 Å². The van der Waals surface area contributed by atoms with Crippen molar-refractivity contribution in [3.05, 3.63) is 55.8 Å². The van der Waals surface area contributed by atoms with E-state index in [-0.39, 0.29) is 11.2 Å². The van der Waals surface area contributed by atoms with Gasteiger partial charge in [0.25, 0.3) is 5.56 Å². The first kappa shape index (κ1) is 21.7. The zero-order valence-electron chi connectivity index (χ0n) is 20.2. The van der Waals surface area contributed by atoms with Gasteiger partial charge in [0.15, 0.2) is 11.2 Å². The second kappa shape index (κ2) is 7.45. The van der Waals surface area contributed by atoms with E-state index in [0.29, 0.717) is 16.6 Å². The van der Waals surface area contributed by atoms with Crippen LogP contribution in [0, 0.1) is 23.2 Å². The van der Waals surface area contributed by atoms with Gasteiger partial charge in [0, 0.05) is 31.3 Å². The zero-order valence-corrected chi connectivity index (χ0v) is 21.8. The molecule has 4 fully saturated rings. The molecule has 3 aromatic heterocycles. The molecule has 8 heteroatoms. The first-order chi connectivity index (χ1) is 16.8. The molecule has 4 aromatic rings. The van der Waals surface area contributed by atoms with Crippen LogP contribution in [0.15, 0.2) is 44.5 Å². The van der Waals surface area contributed by atoms with E-state index >= 15 is 0 Å². The summed E-state index contributed by atoms with van der Waals surface area (Å²) in [7, 11) is 3.22. The van der Waals surface area contributed by atoms with E-state index in [1.165, 1.54) is 54.7 Å². The third-order valence-corrected chi connectivity index (χ3v) is 9.76. The first-order valence-corrected chi connectivity index (χ1v) is 13.5. The quantitative estimate of drug-likeness (QED) is 0.379. The fraction of sp³-hybridized carbons (Fsp3) is 0.519. The molecule has 0 atom stereocenters. The number of halogens is 1. The highest BCUT2D eigenvalue weighted by Crippen LogP contribution is 2.61. The van der Waals surface area contributed by atoms with Gasteiger partial charge in [0.2, 0.25) is 5.78 Å². The first-order valence-electron chi connectivity index (χ1n) is 12.8. The summed E-state index contributed by atoms with van der Waals surface area (Å²) >= 11 is 3.55. The third-order valence-electron chi connectivity index (χ3n) is 9.23. The van der Waals surface area contributed by atoms with Gasteiger partial charge in [-0.15, -0.1) is 0 Å². The van der Waals surface area contributed by atoms with Crippen molar-refractivity contribution in [1.29, 1.82) is 0 Å². The van der Waals surface area contributed by atoms with Gasteiger partial charge in [-0.25, -0.2) is 4.79 Å². The Bertz CT molecular complexity index is 1570. The Hall–Kier alpha value is -2.61. The monoisotopic (exact) mass is 535 g/mol. The topological polar surface area (TPSA) is 66.2 Å². The minimum Gasteiger partial charge on any atom is -0.310 e. The fourth-order valence-electron chi connectivity index (χ4n) is 8.03. The summed E-state index contributed by atoms with van der Waals surface area (Å²) in [5.41, 5.74) is 2.84. The summed E-state index contributed by atoms with van der Waals surface area (Å²) in [6, 6.07) is 8.32. The number of hydrogen-bond donors (Lipinski definition) is 0. The molecule has 0 radical (unpaired) electrons. The predicted octanol–water partition coefficient (Wildman–Crippen LogP) is 4.72. The molecule has 4 aliphatic carbocycles. The maximum Gasteiger partial charge on any atom is 0.332 e. The summed E-state index contributed by atoms with van der Waals surface area (Å²) in [5, 5.41) is 0. The van der Waals surface area contributed by atoms with Crippen molar-refractivity contribution in [2.24, 2.45) is 37.3 Å². The van der Waals surface area contributed by atoms with Crippen LogP contribution in [0.5, 0.6) is 0 Å². The van der Waals surface area contributed by atoms with Crippen molar-refractivity contribution >= 4 is 32.9 Å². The van der Waals surface area contributed by atoms with E-state index in [4.69, 9.17) is 4.98 Å². The maximum atomic E-state index is 13.1. The lowest BCUT2D eigenvalue weighted by Crippen LogP contribution is -2.46. The van der Waals surface area contributed by atoms with E-state index in [1.807, 2.05) is 10.6 Å². The highest BCUT2D eigenvalue weighted by Gasteiger charge is 2.50. The Morgan fingerprint density at radius 1 is 0.971 bits per heavy atom. The third kappa shape index (κ3) is 3.18. The second-order valence-electron chi connectivity index (χ2n) is 11.5. The van der Waals surface area contributed by atoms with Crippen LogP contribution in [-0.4, -0.2) is 23.1 Å². The second-order valence-corrected chi connectivity index (χ2v) is 12.4. The number of aromatic nitrogens is 5. The molecule has 0 unspecified atom stereocenters. The van der Waals surface area contributed by atoms with Crippen LogP contribution >= 0.6 is 15.9 Å². The number of imidazole rings is 2. The van der Waals surface area contributed by atoms with Crippen LogP contribution in [-0.2, 0) is 20.6 Å². The van der Waals surface area contributed by atoms with Gasteiger partial charge < -0.3 is 4.57 Å². The minimum absolute atomic E-state index is 0.309. The lowest BCUT2D eigenvalue weighted by Gasteiger charge is -2.57. The molecular formula is C27H30BrN5O2. The molecule has 0 N–H and O–H groups in total. The summed E-state index contributed by atoms with van der Waals surface area (Å²) in [4.78, 5) is 30.6. The highest BCUT2D eigenvalue weighted by atomic mass is 79.9. The Morgan fingerprint density at radius 2 is 1.60 bits per heavy atom. The maximum absolute atomic E-state index is 13.1. The molecule has 0 saturated heterocycles. The number of hydrogen-bond acceptors (Lipinski definition) is 3. The van der Waals surface area contributed by atoms with Crippen molar-refractivity contribution in [2.45, 2.75) is 51.5 Å². The van der Waals surface area contributed by atoms with Gasteiger partial charge in [-0.05, 0) is 85.8 Å². The molecule has 3 heterocycles. The lowest BCUT2D eigenvalue weighted by molar-refractivity contribution is -0.0590. The van der Waals surface area contributed by atoms with Crippen LogP contribution in [0.2, 0.25) is 0 Å². The zero-order chi connectivity index (χ0) is 24.1. The molecule has 0 amide bonds. The minimum atomic E-state index is -0.350. The Labute approximate surface area is 211 Å². The summed E-state index contributed by atoms with van der Waals surface area (Å²) < 4.78 is 7.86. The molecule has 0 spiro atoms. The average Bonchev–Trinajstić information content (AvgIpc) is 3.36. The summed E-state index contributed by atoms with van der Waals surface area (Å²) in [5.74, 6) is 3.50. The Kier molecular flexibility index (Phi) is 4.61. The molecule has 0 aliphatic heterocycles. The molecule has 8 rings (SSSR count). The number of aryl methyl sites for hydroxylation is 2. The molecular weight excluding hydrogens is 506 g/mol. The van der Waals surface area contributed by atoms with Gasteiger partial charge in [-0.3, -0.25) is 18.3 Å². The van der Waals surface area contributed by atoms with Crippen molar-refractivity contribution in [2.75, 3.05) is 0 Å². The SMILES string of the molecule is Cn1c(=O)c2c(nc3n(CCC45CC6CC(CC(C6)C4)C5)c(-c4ccc(Br)cc4)cn23)n(C)c1=O. The number of benzene rings is 1. The molecule has 182 valence electrons. The predicted molar refractivity (Wildman–Crippen MR) is 140 cm³/mol. The standard InChI is InChI=1S/C27H30BrN5O2/c1-30-23-22(24(34)31(2)26(30)35)33-15-21(19-3-5-20(28)6-4-19)32(25(33)29-23)8-7-27-12-16-9-17(13-27)11-18(10-16)14-27/h3-6,15-18H,7-14H2,1-2H3. The van der Waals surface area contributed by atoms with Gasteiger partial charge in [0.1, 0.15) is 0 Å². The molecule has 1 aromatic carbocycles.